The maximum atomic E-state index is 10.9. The predicted octanol–water partition coefficient (Wildman–Crippen LogP) is -1.02. The van der Waals surface area contributed by atoms with Gasteiger partial charge in [0.15, 0.2) is 4.77 Å². The topological polar surface area (TPSA) is 82.7 Å². The van der Waals surface area contributed by atoms with Gasteiger partial charge >= 0.3 is 5.69 Å². The average molecular weight is 188 g/mol. The van der Waals surface area contributed by atoms with Crippen LogP contribution in [0.25, 0.3) is 0 Å². The quantitative estimate of drug-likeness (QED) is 0.519. The second-order valence-electron chi connectivity index (χ2n) is 2.12. The van der Waals surface area contributed by atoms with Gasteiger partial charge < -0.3 is 5.32 Å². The van der Waals surface area contributed by atoms with Gasteiger partial charge in [-0.2, -0.15) is 0 Å². The van der Waals surface area contributed by atoms with Crippen molar-refractivity contribution >= 4 is 18.1 Å². The van der Waals surface area contributed by atoms with Crippen LogP contribution in [0.5, 0.6) is 0 Å². The monoisotopic (exact) mass is 188 g/mol. The van der Waals surface area contributed by atoms with E-state index in [-0.39, 0.29) is 17.2 Å². The normalized spacial score (nSPS) is 9.75. The number of aromatic amines is 2. The standard InChI is InChI=1S/C5H8N4O2S/c1-6-3(10)2-9-4(11)7-8-5(9)12/h2H2,1H3,(H,6,10)(H,7,11)(H,8,12). The molecule has 1 aromatic heterocycles. The van der Waals surface area contributed by atoms with E-state index in [0.29, 0.717) is 0 Å². The fraction of sp³-hybridized carbons (Fsp3) is 0.400. The van der Waals surface area contributed by atoms with E-state index in [9.17, 15) is 9.59 Å². The van der Waals surface area contributed by atoms with E-state index in [2.05, 4.69) is 15.5 Å². The molecule has 1 rings (SSSR count). The highest BCUT2D eigenvalue weighted by atomic mass is 32.1. The molecule has 0 saturated heterocycles. The first-order valence-electron chi connectivity index (χ1n) is 3.23. The molecule has 0 saturated carbocycles. The minimum absolute atomic E-state index is 0.0613. The Kier molecular flexibility index (Phi) is 2.44. The molecule has 0 atom stereocenters. The van der Waals surface area contributed by atoms with Crippen LogP contribution in [-0.4, -0.2) is 27.7 Å². The number of amides is 1. The molecule has 0 aliphatic heterocycles. The smallest absolute Gasteiger partial charge is 0.342 e. The van der Waals surface area contributed by atoms with Crippen LogP contribution >= 0.6 is 12.2 Å². The Balaban J connectivity index is 2.96. The van der Waals surface area contributed by atoms with E-state index in [1.807, 2.05) is 0 Å². The van der Waals surface area contributed by atoms with Crippen molar-refractivity contribution in [2.75, 3.05) is 7.05 Å². The number of rotatable bonds is 2. The molecule has 1 aromatic rings. The van der Waals surface area contributed by atoms with E-state index in [0.717, 1.165) is 4.57 Å². The zero-order chi connectivity index (χ0) is 9.14. The largest absolute Gasteiger partial charge is 0.358 e. The fourth-order valence-corrected chi connectivity index (χ4v) is 0.899. The summed E-state index contributed by atoms with van der Waals surface area (Å²) in [7, 11) is 1.49. The minimum Gasteiger partial charge on any atom is -0.358 e. The number of hydrogen-bond donors (Lipinski definition) is 3. The fourth-order valence-electron chi connectivity index (χ4n) is 0.700. The Labute approximate surface area is 72.6 Å². The first-order chi connectivity index (χ1) is 5.65. The van der Waals surface area contributed by atoms with E-state index >= 15 is 0 Å². The lowest BCUT2D eigenvalue weighted by Gasteiger charge is -1.97. The molecule has 0 aromatic carbocycles. The van der Waals surface area contributed by atoms with Crippen molar-refractivity contribution in [2.24, 2.45) is 0 Å². The van der Waals surface area contributed by atoms with Crippen LogP contribution in [0.2, 0.25) is 0 Å². The third-order valence-corrected chi connectivity index (χ3v) is 1.67. The first-order valence-corrected chi connectivity index (χ1v) is 3.64. The van der Waals surface area contributed by atoms with Crippen LogP contribution in [0.4, 0.5) is 0 Å². The lowest BCUT2D eigenvalue weighted by Crippen LogP contribution is -2.28. The second kappa shape index (κ2) is 3.35. The second-order valence-corrected chi connectivity index (χ2v) is 2.51. The van der Waals surface area contributed by atoms with Gasteiger partial charge in [-0.3, -0.25) is 14.5 Å². The Bertz CT molecular complexity index is 359. The Hall–Kier alpha value is -1.37. The number of H-pyrrole nitrogens is 2. The third kappa shape index (κ3) is 1.62. The number of aromatic nitrogens is 3. The molecule has 0 radical (unpaired) electrons. The molecule has 0 aliphatic rings. The van der Waals surface area contributed by atoms with Crippen molar-refractivity contribution in [1.82, 2.24) is 20.1 Å². The summed E-state index contributed by atoms with van der Waals surface area (Å²) in [5.74, 6) is -0.267. The molecule has 1 amide bonds. The Morgan fingerprint density at radius 1 is 1.67 bits per heavy atom. The van der Waals surface area contributed by atoms with Gasteiger partial charge in [-0.1, -0.05) is 0 Å². The summed E-state index contributed by atoms with van der Waals surface area (Å²) in [5, 5.41) is 7.08. The van der Waals surface area contributed by atoms with Crippen molar-refractivity contribution in [2.45, 2.75) is 6.54 Å². The van der Waals surface area contributed by atoms with Crippen LogP contribution in [-0.2, 0) is 11.3 Å². The Morgan fingerprint density at radius 2 is 2.33 bits per heavy atom. The summed E-state index contributed by atoms with van der Waals surface area (Å²) < 4.78 is 1.34. The van der Waals surface area contributed by atoms with Crippen LogP contribution in [0, 0.1) is 4.77 Å². The van der Waals surface area contributed by atoms with Crippen molar-refractivity contribution in [3.63, 3.8) is 0 Å². The van der Waals surface area contributed by atoms with E-state index in [4.69, 9.17) is 12.2 Å². The third-order valence-electron chi connectivity index (χ3n) is 1.35. The highest BCUT2D eigenvalue weighted by Crippen LogP contribution is 1.80. The van der Waals surface area contributed by atoms with Crippen molar-refractivity contribution in [1.29, 1.82) is 0 Å². The summed E-state index contributed by atoms with van der Waals surface area (Å²) in [4.78, 5) is 21.8. The highest BCUT2D eigenvalue weighted by Gasteiger charge is 2.03. The maximum Gasteiger partial charge on any atom is 0.342 e. The molecule has 6 nitrogen and oxygen atoms in total. The number of carbonyl (C=O) groups excluding carboxylic acids is 1. The zero-order valence-corrected chi connectivity index (χ0v) is 7.20. The molecule has 0 bridgehead atoms. The van der Waals surface area contributed by atoms with Gasteiger partial charge in [0.05, 0.1) is 0 Å². The van der Waals surface area contributed by atoms with Crippen LogP contribution < -0.4 is 11.0 Å². The summed E-state index contributed by atoms with van der Waals surface area (Å²) >= 11 is 4.74. The number of carbonyl (C=O) groups is 1. The van der Waals surface area contributed by atoms with Crippen LogP contribution in [0.3, 0.4) is 0 Å². The molecule has 66 valence electrons. The van der Waals surface area contributed by atoms with Crippen molar-refractivity contribution in [3.8, 4) is 0 Å². The zero-order valence-electron chi connectivity index (χ0n) is 6.38. The van der Waals surface area contributed by atoms with Gasteiger partial charge in [0.2, 0.25) is 5.91 Å². The first kappa shape index (κ1) is 8.72. The van der Waals surface area contributed by atoms with Crippen LogP contribution in [0.1, 0.15) is 0 Å². The molecular formula is C5H8N4O2S. The van der Waals surface area contributed by atoms with E-state index in [1.165, 1.54) is 7.05 Å². The van der Waals surface area contributed by atoms with Gasteiger partial charge in [-0.05, 0) is 12.2 Å². The van der Waals surface area contributed by atoms with Crippen molar-refractivity contribution in [3.05, 3.63) is 15.3 Å². The van der Waals surface area contributed by atoms with Crippen LogP contribution in [0.15, 0.2) is 4.79 Å². The average Bonchev–Trinajstić information content (AvgIpc) is 2.35. The molecule has 3 N–H and O–H groups in total. The summed E-state index contributed by atoms with van der Waals surface area (Å²) in [6.45, 7) is -0.0613. The molecule has 1 heterocycles. The predicted molar refractivity (Wildman–Crippen MR) is 44.3 cm³/mol. The Morgan fingerprint density at radius 3 is 2.75 bits per heavy atom. The summed E-state index contributed by atoms with van der Waals surface area (Å²) in [5.41, 5.74) is -0.413. The van der Waals surface area contributed by atoms with E-state index < -0.39 is 5.69 Å². The molecule has 0 spiro atoms. The lowest BCUT2D eigenvalue weighted by molar-refractivity contribution is -0.121. The number of likely N-dealkylation sites (N-methyl/N-ethyl adjacent to an activating group) is 1. The number of nitrogens with zero attached hydrogens (tertiary/aromatic N) is 1. The molecule has 12 heavy (non-hydrogen) atoms. The number of nitrogens with one attached hydrogen (secondary N) is 3. The minimum atomic E-state index is -0.413. The summed E-state index contributed by atoms with van der Waals surface area (Å²) in [6.07, 6.45) is 0. The van der Waals surface area contributed by atoms with Gasteiger partial charge in [0.1, 0.15) is 6.54 Å². The van der Waals surface area contributed by atoms with Gasteiger partial charge in [0, 0.05) is 7.05 Å². The molecular weight excluding hydrogens is 180 g/mol. The van der Waals surface area contributed by atoms with Crippen molar-refractivity contribution < 1.29 is 4.79 Å². The van der Waals surface area contributed by atoms with Gasteiger partial charge in [-0.15, -0.1) is 0 Å². The molecule has 0 unspecified atom stereocenters. The SMILES string of the molecule is CNC(=O)Cn1c(=O)[nH][nH]c1=S. The summed E-state index contributed by atoms with van der Waals surface area (Å²) in [6, 6.07) is 0. The lowest BCUT2D eigenvalue weighted by atomic mass is 10.6. The number of hydrogen-bond acceptors (Lipinski definition) is 3. The maximum absolute atomic E-state index is 10.9. The molecule has 7 heteroatoms. The molecule has 0 aliphatic carbocycles. The van der Waals surface area contributed by atoms with E-state index in [1.54, 1.807) is 0 Å². The molecule has 0 fully saturated rings. The highest BCUT2D eigenvalue weighted by molar-refractivity contribution is 7.71. The van der Waals surface area contributed by atoms with Gasteiger partial charge in [-0.25, -0.2) is 9.89 Å². The van der Waals surface area contributed by atoms with Gasteiger partial charge in [0.25, 0.3) is 0 Å².